The molecule has 1 amide bonds. The second-order valence-corrected chi connectivity index (χ2v) is 9.54. The Hall–Kier alpha value is -2.82. The Morgan fingerprint density at radius 2 is 1.81 bits per heavy atom. The molecule has 3 rings (SSSR count). The van der Waals surface area contributed by atoms with Crippen LogP contribution in [0.3, 0.4) is 0 Å². The molecule has 0 aliphatic heterocycles. The molecule has 164 valence electrons. The second kappa shape index (κ2) is 9.99. The van der Waals surface area contributed by atoms with Crippen molar-refractivity contribution in [2.24, 2.45) is 0 Å². The van der Waals surface area contributed by atoms with Crippen molar-refractivity contribution in [2.75, 3.05) is 25.5 Å². The lowest BCUT2D eigenvalue weighted by atomic mass is 10.2. The van der Waals surface area contributed by atoms with Gasteiger partial charge in [-0.3, -0.25) is 10.1 Å². The van der Waals surface area contributed by atoms with Gasteiger partial charge in [0.1, 0.15) is 15.7 Å². The molecule has 0 bridgehead atoms. The number of anilines is 1. The molecule has 8 nitrogen and oxygen atoms in total. The first-order valence-electron chi connectivity index (χ1n) is 9.74. The molecule has 2 aromatic carbocycles. The van der Waals surface area contributed by atoms with Gasteiger partial charge in [-0.1, -0.05) is 55.5 Å². The molecule has 0 aliphatic carbocycles. The van der Waals surface area contributed by atoms with Crippen molar-refractivity contribution in [1.82, 2.24) is 14.5 Å². The van der Waals surface area contributed by atoms with E-state index >= 15 is 0 Å². The summed E-state index contributed by atoms with van der Waals surface area (Å²) in [6, 6.07) is 14.2. The Balaban J connectivity index is 1.81. The highest BCUT2D eigenvalue weighted by Crippen LogP contribution is 2.28. The monoisotopic (exact) mass is 460 g/mol. The number of amides is 1. The van der Waals surface area contributed by atoms with E-state index in [0.717, 1.165) is 10.6 Å². The zero-order chi connectivity index (χ0) is 22.4. The van der Waals surface area contributed by atoms with Crippen LogP contribution in [0.15, 0.2) is 53.4 Å². The lowest BCUT2D eigenvalue weighted by molar-refractivity contribution is 0.102. The van der Waals surface area contributed by atoms with E-state index < -0.39 is 15.9 Å². The lowest BCUT2D eigenvalue weighted by Gasteiger charge is -2.20. The summed E-state index contributed by atoms with van der Waals surface area (Å²) in [5.74, 6) is -0.287. The molecule has 3 aromatic rings. The van der Waals surface area contributed by atoms with E-state index in [4.69, 9.17) is 4.74 Å². The predicted octanol–water partition coefficient (Wildman–Crippen LogP) is 3.42. The van der Waals surface area contributed by atoms with Crippen molar-refractivity contribution in [3.05, 3.63) is 64.7 Å². The van der Waals surface area contributed by atoms with Gasteiger partial charge in [0.05, 0.1) is 7.11 Å². The zero-order valence-corrected chi connectivity index (χ0v) is 19.2. The molecule has 31 heavy (non-hydrogen) atoms. The van der Waals surface area contributed by atoms with E-state index in [-0.39, 0.29) is 16.2 Å². The molecule has 0 fully saturated rings. The van der Waals surface area contributed by atoms with Crippen LogP contribution in [-0.2, 0) is 16.4 Å². The number of carbonyl (C=O) groups excluding carboxylic acids is 1. The van der Waals surface area contributed by atoms with Crippen molar-refractivity contribution in [2.45, 2.75) is 25.2 Å². The minimum atomic E-state index is -3.80. The molecule has 1 aromatic heterocycles. The fourth-order valence-corrected chi connectivity index (χ4v) is 5.45. The van der Waals surface area contributed by atoms with Gasteiger partial charge in [0, 0.05) is 25.1 Å². The third kappa shape index (κ3) is 5.27. The molecule has 0 saturated carbocycles. The van der Waals surface area contributed by atoms with E-state index in [1.165, 1.54) is 41.0 Å². The first kappa shape index (κ1) is 22.9. The van der Waals surface area contributed by atoms with Gasteiger partial charge in [-0.25, -0.2) is 8.42 Å². The van der Waals surface area contributed by atoms with Crippen LogP contribution in [0.5, 0.6) is 5.75 Å². The van der Waals surface area contributed by atoms with Crippen LogP contribution in [0.2, 0.25) is 0 Å². The Morgan fingerprint density at radius 3 is 2.45 bits per heavy atom. The smallest absolute Gasteiger partial charge is 0.257 e. The SMILES string of the molecule is CCN(CC)S(=O)(=O)c1cc(C(=O)Nc2nnc(Cc3ccccc3)s2)ccc1OC. The number of hydrogen-bond acceptors (Lipinski definition) is 7. The lowest BCUT2D eigenvalue weighted by Crippen LogP contribution is -2.31. The van der Waals surface area contributed by atoms with Crippen molar-refractivity contribution in [3.8, 4) is 5.75 Å². The number of benzene rings is 2. The normalized spacial score (nSPS) is 11.5. The fraction of sp³-hybridized carbons (Fsp3) is 0.286. The summed E-state index contributed by atoms with van der Waals surface area (Å²) in [6.07, 6.45) is 0.614. The summed E-state index contributed by atoms with van der Waals surface area (Å²) in [7, 11) is -2.41. The van der Waals surface area contributed by atoms with Crippen LogP contribution < -0.4 is 10.1 Å². The van der Waals surface area contributed by atoms with Crippen molar-refractivity contribution in [1.29, 1.82) is 0 Å². The van der Waals surface area contributed by atoms with Gasteiger partial charge in [-0.05, 0) is 23.8 Å². The van der Waals surface area contributed by atoms with E-state index in [9.17, 15) is 13.2 Å². The highest BCUT2D eigenvalue weighted by Gasteiger charge is 2.27. The minimum Gasteiger partial charge on any atom is -0.495 e. The van der Waals surface area contributed by atoms with Gasteiger partial charge in [-0.15, -0.1) is 10.2 Å². The van der Waals surface area contributed by atoms with Crippen LogP contribution >= 0.6 is 11.3 Å². The molecular formula is C21H24N4O4S2. The van der Waals surface area contributed by atoms with Crippen LogP contribution in [0.1, 0.15) is 34.8 Å². The molecule has 10 heteroatoms. The molecule has 1 heterocycles. The van der Waals surface area contributed by atoms with Crippen molar-refractivity contribution < 1.29 is 17.9 Å². The number of rotatable bonds is 9. The number of nitrogens with one attached hydrogen (secondary N) is 1. The van der Waals surface area contributed by atoms with Gasteiger partial charge >= 0.3 is 0 Å². The first-order chi connectivity index (χ1) is 14.9. The number of hydrogen-bond donors (Lipinski definition) is 1. The Kier molecular flexibility index (Phi) is 7.37. The van der Waals surface area contributed by atoms with Crippen LogP contribution in [-0.4, -0.2) is 49.0 Å². The van der Waals surface area contributed by atoms with Gasteiger partial charge in [0.25, 0.3) is 5.91 Å². The maximum absolute atomic E-state index is 13.0. The van der Waals surface area contributed by atoms with Gasteiger partial charge in [0.2, 0.25) is 15.2 Å². The Labute approximate surface area is 185 Å². The highest BCUT2D eigenvalue weighted by molar-refractivity contribution is 7.89. The average Bonchev–Trinajstić information content (AvgIpc) is 3.21. The summed E-state index contributed by atoms with van der Waals surface area (Å²) in [5, 5.41) is 11.9. The van der Waals surface area contributed by atoms with E-state index in [0.29, 0.717) is 24.6 Å². The number of nitrogens with zero attached hydrogens (tertiary/aromatic N) is 3. The number of aromatic nitrogens is 2. The van der Waals surface area contributed by atoms with E-state index in [1.54, 1.807) is 13.8 Å². The summed E-state index contributed by atoms with van der Waals surface area (Å²) in [4.78, 5) is 12.7. The van der Waals surface area contributed by atoms with E-state index in [1.807, 2.05) is 30.3 Å². The van der Waals surface area contributed by atoms with Gasteiger partial charge in [0.15, 0.2) is 0 Å². The molecule has 0 atom stereocenters. The standard InChI is InChI=1S/C21H24N4O4S2/c1-4-25(5-2)31(27,28)18-14-16(11-12-17(18)29-3)20(26)22-21-24-23-19(30-21)13-15-9-7-6-8-10-15/h6-12,14H,4-5,13H2,1-3H3,(H,22,24,26). The van der Waals surface area contributed by atoms with Crippen LogP contribution in [0.4, 0.5) is 5.13 Å². The quantitative estimate of drug-likeness (QED) is 0.525. The highest BCUT2D eigenvalue weighted by atomic mass is 32.2. The predicted molar refractivity (Wildman–Crippen MR) is 120 cm³/mol. The summed E-state index contributed by atoms with van der Waals surface area (Å²) < 4.78 is 32.5. The Morgan fingerprint density at radius 1 is 1.10 bits per heavy atom. The number of carbonyl (C=O) groups is 1. The minimum absolute atomic E-state index is 0.0478. The third-order valence-electron chi connectivity index (χ3n) is 4.63. The average molecular weight is 461 g/mol. The molecule has 0 unspecified atom stereocenters. The first-order valence-corrected chi connectivity index (χ1v) is 12.0. The molecule has 0 radical (unpaired) electrons. The number of ether oxygens (including phenoxy) is 1. The van der Waals surface area contributed by atoms with Crippen molar-refractivity contribution in [3.63, 3.8) is 0 Å². The van der Waals surface area contributed by atoms with Gasteiger partial charge < -0.3 is 4.74 Å². The molecule has 0 spiro atoms. The largest absolute Gasteiger partial charge is 0.495 e. The fourth-order valence-electron chi connectivity index (χ4n) is 3.04. The summed E-state index contributed by atoms with van der Waals surface area (Å²) >= 11 is 1.27. The molecule has 0 aliphatic rings. The number of methoxy groups -OCH3 is 1. The summed E-state index contributed by atoms with van der Waals surface area (Å²) in [5.41, 5.74) is 1.28. The molecular weight excluding hydrogens is 436 g/mol. The molecule has 1 N–H and O–H groups in total. The third-order valence-corrected chi connectivity index (χ3v) is 7.54. The topological polar surface area (TPSA) is 101 Å². The van der Waals surface area contributed by atoms with Crippen LogP contribution in [0, 0.1) is 0 Å². The van der Waals surface area contributed by atoms with Crippen molar-refractivity contribution >= 4 is 32.4 Å². The van der Waals surface area contributed by atoms with E-state index in [2.05, 4.69) is 15.5 Å². The Bertz CT molecular complexity index is 1140. The van der Waals surface area contributed by atoms with Crippen LogP contribution in [0.25, 0.3) is 0 Å². The zero-order valence-electron chi connectivity index (χ0n) is 17.5. The van der Waals surface area contributed by atoms with Gasteiger partial charge in [-0.2, -0.15) is 4.31 Å². The second-order valence-electron chi connectivity index (χ2n) is 6.57. The summed E-state index contributed by atoms with van der Waals surface area (Å²) in [6.45, 7) is 4.14. The molecule has 0 saturated heterocycles. The maximum Gasteiger partial charge on any atom is 0.257 e. The maximum atomic E-state index is 13.0. The number of sulfonamides is 1.